The van der Waals surface area contributed by atoms with Crippen LogP contribution in [0, 0.1) is 0 Å². The molecule has 0 saturated carbocycles. The SMILES string of the molecule is CN(C)C/C=C(\c1ccccc1)C(O)c1ccccc1Cl. The van der Waals surface area contributed by atoms with Crippen molar-refractivity contribution in [3.63, 3.8) is 0 Å². The molecule has 0 fully saturated rings. The zero-order valence-electron chi connectivity index (χ0n) is 12.3. The molecule has 1 N–H and O–H groups in total. The van der Waals surface area contributed by atoms with Gasteiger partial charge >= 0.3 is 0 Å². The molecule has 1 unspecified atom stereocenters. The van der Waals surface area contributed by atoms with E-state index in [4.69, 9.17) is 11.6 Å². The molecule has 2 nitrogen and oxygen atoms in total. The van der Waals surface area contributed by atoms with Crippen molar-refractivity contribution in [3.05, 3.63) is 76.8 Å². The van der Waals surface area contributed by atoms with Gasteiger partial charge in [-0.25, -0.2) is 0 Å². The highest BCUT2D eigenvalue weighted by molar-refractivity contribution is 6.31. The third kappa shape index (κ3) is 4.18. The summed E-state index contributed by atoms with van der Waals surface area (Å²) in [6, 6.07) is 17.3. The van der Waals surface area contributed by atoms with Crippen LogP contribution in [0.1, 0.15) is 17.2 Å². The first-order chi connectivity index (χ1) is 10.1. The number of nitrogens with zero attached hydrogens (tertiary/aromatic N) is 1. The lowest BCUT2D eigenvalue weighted by Crippen LogP contribution is -2.12. The van der Waals surface area contributed by atoms with E-state index in [0.29, 0.717) is 5.02 Å². The highest BCUT2D eigenvalue weighted by Crippen LogP contribution is 2.33. The molecule has 1 atom stereocenters. The number of aliphatic hydroxyl groups is 1. The predicted octanol–water partition coefficient (Wildman–Crippen LogP) is 4.02. The second-order valence-electron chi connectivity index (χ2n) is 5.21. The van der Waals surface area contributed by atoms with E-state index >= 15 is 0 Å². The maximum absolute atomic E-state index is 10.8. The quantitative estimate of drug-likeness (QED) is 0.901. The van der Waals surface area contributed by atoms with Gasteiger partial charge in [0.2, 0.25) is 0 Å². The fourth-order valence-electron chi connectivity index (χ4n) is 2.16. The minimum atomic E-state index is -0.735. The van der Waals surface area contributed by atoms with Crippen LogP contribution in [0.2, 0.25) is 5.02 Å². The van der Waals surface area contributed by atoms with Crippen LogP contribution >= 0.6 is 11.6 Å². The fourth-order valence-corrected chi connectivity index (χ4v) is 2.40. The van der Waals surface area contributed by atoms with E-state index in [1.807, 2.05) is 68.7 Å². The van der Waals surface area contributed by atoms with E-state index in [1.54, 1.807) is 6.07 Å². The van der Waals surface area contributed by atoms with E-state index in [9.17, 15) is 5.11 Å². The van der Waals surface area contributed by atoms with Crippen molar-refractivity contribution in [2.45, 2.75) is 6.10 Å². The van der Waals surface area contributed by atoms with Gasteiger partial charge in [-0.3, -0.25) is 0 Å². The van der Waals surface area contributed by atoms with Crippen molar-refractivity contribution in [1.82, 2.24) is 4.90 Å². The molecule has 0 saturated heterocycles. The van der Waals surface area contributed by atoms with Crippen LogP contribution in [0.3, 0.4) is 0 Å². The monoisotopic (exact) mass is 301 g/mol. The van der Waals surface area contributed by atoms with Gasteiger partial charge in [0, 0.05) is 17.1 Å². The molecule has 110 valence electrons. The van der Waals surface area contributed by atoms with Gasteiger partial charge in [-0.1, -0.05) is 66.2 Å². The first-order valence-electron chi connectivity index (χ1n) is 6.92. The molecular weight excluding hydrogens is 282 g/mol. The molecule has 3 heteroatoms. The Morgan fingerprint density at radius 2 is 1.71 bits per heavy atom. The van der Waals surface area contributed by atoms with E-state index in [2.05, 4.69) is 4.90 Å². The molecule has 0 bridgehead atoms. The summed E-state index contributed by atoms with van der Waals surface area (Å²) < 4.78 is 0. The summed E-state index contributed by atoms with van der Waals surface area (Å²) in [7, 11) is 4.00. The molecule has 2 aromatic rings. The van der Waals surface area contributed by atoms with Gasteiger partial charge in [-0.15, -0.1) is 0 Å². The van der Waals surface area contributed by atoms with Crippen molar-refractivity contribution in [3.8, 4) is 0 Å². The molecule has 0 heterocycles. The van der Waals surface area contributed by atoms with Crippen LogP contribution in [0.15, 0.2) is 60.7 Å². The molecule has 0 amide bonds. The van der Waals surface area contributed by atoms with Gasteiger partial charge in [0.05, 0.1) is 0 Å². The van der Waals surface area contributed by atoms with Crippen LogP contribution in [-0.2, 0) is 0 Å². The van der Waals surface area contributed by atoms with E-state index in [1.165, 1.54) is 0 Å². The van der Waals surface area contributed by atoms with Crippen molar-refractivity contribution >= 4 is 17.2 Å². The highest BCUT2D eigenvalue weighted by atomic mass is 35.5. The molecule has 2 rings (SSSR count). The molecule has 2 aromatic carbocycles. The Kier molecular flexibility index (Phi) is 5.57. The minimum absolute atomic E-state index is 0.580. The zero-order valence-corrected chi connectivity index (χ0v) is 13.1. The van der Waals surface area contributed by atoms with Crippen molar-refractivity contribution in [2.75, 3.05) is 20.6 Å². The number of rotatable bonds is 5. The van der Waals surface area contributed by atoms with Gasteiger partial charge < -0.3 is 10.0 Å². The van der Waals surface area contributed by atoms with Crippen LogP contribution in [0.4, 0.5) is 0 Å². The van der Waals surface area contributed by atoms with Crippen molar-refractivity contribution in [1.29, 1.82) is 0 Å². The van der Waals surface area contributed by atoms with Gasteiger partial charge in [-0.2, -0.15) is 0 Å². The summed E-state index contributed by atoms with van der Waals surface area (Å²) in [5, 5.41) is 11.3. The Labute approximate surface area is 131 Å². The number of aliphatic hydroxyl groups excluding tert-OH is 1. The van der Waals surface area contributed by atoms with Crippen LogP contribution in [-0.4, -0.2) is 30.6 Å². The second-order valence-corrected chi connectivity index (χ2v) is 5.62. The number of hydrogen-bond donors (Lipinski definition) is 1. The normalized spacial score (nSPS) is 13.5. The summed E-state index contributed by atoms with van der Waals surface area (Å²) in [5.74, 6) is 0. The summed E-state index contributed by atoms with van der Waals surface area (Å²) in [6.07, 6.45) is 1.31. The van der Waals surface area contributed by atoms with Gasteiger partial charge in [0.1, 0.15) is 6.10 Å². The topological polar surface area (TPSA) is 23.5 Å². The first kappa shape index (κ1) is 15.8. The maximum atomic E-state index is 10.8. The summed E-state index contributed by atoms with van der Waals surface area (Å²) in [5.41, 5.74) is 2.61. The Morgan fingerprint density at radius 1 is 1.10 bits per heavy atom. The second kappa shape index (κ2) is 7.41. The lowest BCUT2D eigenvalue weighted by atomic mass is 9.94. The largest absolute Gasteiger partial charge is 0.384 e. The Morgan fingerprint density at radius 3 is 2.33 bits per heavy atom. The predicted molar refractivity (Wildman–Crippen MR) is 89.4 cm³/mol. The van der Waals surface area contributed by atoms with Gasteiger partial charge in [-0.05, 0) is 31.3 Å². The van der Waals surface area contributed by atoms with Gasteiger partial charge in [0.15, 0.2) is 0 Å². The van der Waals surface area contributed by atoms with Crippen molar-refractivity contribution in [2.24, 2.45) is 0 Å². The summed E-state index contributed by atoms with van der Waals surface area (Å²) in [6.45, 7) is 0.756. The Hall–Kier alpha value is -1.61. The third-order valence-corrected chi connectivity index (χ3v) is 3.62. The number of likely N-dealkylation sites (N-methyl/N-ethyl adjacent to an activating group) is 1. The van der Waals surface area contributed by atoms with Crippen LogP contribution in [0.25, 0.3) is 5.57 Å². The minimum Gasteiger partial charge on any atom is -0.384 e. The maximum Gasteiger partial charge on any atom is 0.106 e. The number of benzene rings is 2. The molecule has 21 heavy (non-hydrogen) atoms. The Balaban J connectivity index is 2.40. The smallest absolute Gasteiger partial charge is 0.106 e. The summed E-state index contributed by atoms with van der Waals surface area (Å²) >= 11 is 6.22. The van der Waals surface area contributed by atoms with Crippen LogP contribution < -0.4 is 0 Å². The van der Waals surface area contributed by atoms with Gasteiger partial charge in [0.25, 0.3) is 0 Å². The summed E-state index contributed by atoms with van der Waals surface area (Å²) in [4.78, 5) is 2.06. The molecule has 0 radical (unpaired) electrons. The molecule has 0 aromatic heterocycles. The first-order valence-corrected chi connectivity index (χ1v) is 7.30. The molecular formula is C18H20ClNO. The van der Waals surface area contributed by atoms with Crippen LogP contribution in [0.5, 0.6) is 0 Å². The van der Waals surface area contributed by atoms with E-state index in [0.717, 1.165) is 23.2 Å². The lowest BCUT2D eigenvalue weighted by molar-refractivity contribution is 0.238. The number of hydrogen-bond acceptors (Lipinski definition) is 2. The van der Waals surface area contributed by atoms with Crippen molar-refractivity contribution < 1.29 is 5.11 Å². The highest BCUT2D eigenvalue weighted by Gasteiger charge is 2.17. The zero-order chi connectivity index (χ0) is 15.2. The molecule has 0 aliphatic rings. The fraction of sp³-hybridized carbons (Fsp3) is 0.222. The molecule has 0 spiro atoms. The molecule has 0 aliphatic carbocycles. The lowest BCUT2D eigenvalue weighted by Gasteiger charge is -2.18. The molecule has 0 aliphatic heterocycles. The number of halogens is 1. The standard InChI is InChI=1S/C18H20ClNO/c1-20(2)13-12-15(14-8-4-3-5-9-14)18(21)16-10-6-7-11-17(16)19/h3-12,18,21H,13H2,1-2H3/b15-12+. The average Bonchev–Trinajstić information content (AvgIpc) is 2.48. The Bertz CT molecular complexity index is 608. The van der Waals surface area contributed by atoms with E-state index < -0.39 is 6.10 Å². The van der Waals surface area contributed by atoms with E-state index in [-0.39, 0.29) is 0 Å². The average molecular weight is 302 g/mol. The third-order valence-electron chi connectivity index (χ3n) is 3.28.